The van der Waals surface area contributed by atoms with E-state index in [1.165, 1.54) is 0 Å². The van der Waals surface area contributed by atoms with Gasteiger partial charge in [-0.15, -0.1) is 0 Å². The van der Waals surface area contributed by atoms with Crippen molar-refractivity contribution in [3.8, 4) is 0 Å². The van der Waals surface area contributed by atoms with Crippen molar-refractivity contribution in [3.63, 3.8) is 0 Å². The van der Waals surface area contributed by atoms with Crippen molar-refractivity contribution in [2.45, 2.75) is 19.1 Å². The molecule has 2 aliphatic heterocycles. The molecule has 0 spiro atoms. The summed E-state index contributed by atoms with van der Waals surface area (Å²) in [5.41, 5.74) is 0. The Morgan fingerprint density at radius 1 is 1.67 bits per heavy atom. The highest BCUT2D eigenvalue weighted by Crippen LogP contribution is 2.23. The van der Waals surface area contributed by atoms with Gasteiger partial charge in [0.2, 0.25) is 5.91 Å². The van der Waals surface area contributed by atoms with E-state index in [1.807, 2.05) is 0 Å². The van der Waals surface area contributed by atoms with E-state index in [0.717, 1.165) is 19.6 Å². The maximum absolute atomic E-state index is 10.7. The maximum atomic E-state index is 10.7. The molecule has 2 rings (SSSR count). The number of hydrogen-bond acceptors (Lipinski definition) is 2. The molecule has 3 nitrogen and oxygen atoms in total. The van der Waals surface area contributed by atoms with Gasteiger partial charge in [-0.1, -0.05) is 0 Å². The van der Waals surface area contributed by atoms with Crippen molar-refractivity contribution < 1.29 is 9.53 Å². The van der Waals surface area contributed by atoms with E-state index in [2.05, 4.69) is 0 Å². The second-order valence-electron chi connectivity index (χ2n) is 2.47. The SMILES string of the molecule is O=C1C[C@H]2OCCCN12. The first-order chi connectivity index (χ1) is 4.38. The average Bonchev–Trinajstić information content (AvgIpc) is 1.86. The van der Waals surface area contributed by atoms with Crippen molar-refractivity contribution in [2.75, 3.05) is 13.2 Å². The Bertz CT molecular complexity index is 146. The van der Waals surface area contributed by atoms with E-state index < -0.39 is 0 Å². The predicted octanol–water partition coefficient (Wildman–Crippen LogP) is -0.0349. The van der Waals surface area contributed by atoms with Gasteiger partial charge in [-0.25, -0.2) is 0 Å². The second kappa shape index (κ2) is 1.70. The van der Waals surface area contributed by atoms with E-state index in [-0.39, 0.29) is 12.1 Å². The zero-order chi connectivity index (χ0) is 6.27. The van der Waals surface area contributed by atoms with E-state index in [4.69, 9.17) is 4.74 Å². The number of rotatable bonds is 0. The zero-order valence-corrected chi connectivity index (χ0v) is 5.17. The fourth-order valence-corrected chi connectivity index (χ4v) is 1.30. The fraction of sp³-hybridized carbons (Fsp3) is 0.833. The molecule has 0 N–H and O–H groups in total. The molecular formula is C6H9NO2. The highest BCUT2D eigenvalue weighted by atomic mass is 16.5. The Morgan fingerprint density at radius 2 is 2.56 bits per heavy atom. The Balaban J connectivity index is 2.01. The van der Waals surface area contributed by atoms with E-state index in [1.54, 1.807) is 4.90 Å². The van der Waals surface area contributed by atoms with Crippen LogP contribution in [0.4, 0.5) is 0 Å². The number of carbonyl (C=O) groups excluding carboxylic acids is 1. The summed E-state index contributed by atoms with van der Waals surface area (Å²) >= 11 is 0. The number of β-lactam (4-membered cyclic amide) rings is 1. The van der Waals surface area contributed by atoms with Crippen LogP contribution >= 0.6 is 0 Å². The summed E-state index contributed by atoms with van der Waals surface area (Å²) in [6.45, 7) is 1.73. The van der Waals surface area contributed by atoms with Gasteiger partial charge in [0, 0.05) is 6.54 Å². The molecule has 9 heavy (non-hydrogen) atoms. The molecule has 1 amide bonds. The zero-order valence-electron chi connectivity index (χ0n) is 5.17. The standard InChI is InChI=1S/C6H9NO2/c8-5-4-6-7(5)2-1-3-9-6/h6H,1-4H2/t6-/m1/s1. The number of carbonyl (C=O) groups is 1. The van der Waals surface area contributed by atoms with E-state index in [9.17, 15) is 4.79 Å². The van der Waals surface area contributed by atoms with Gasteiger partial charge in [0.1, 0.15) is 6.23 Å². The van der Waals surface area contributed by atoms with Crippen molar-refractivity contribution in [3.05, 3.63) is 0 Å². The number of ether oxygens (including phenoxy) is 1. The Labute approximate surface area is 53.6 Å². The minimum Gasteiger partial charge on any atom is -0.358 e. The molecule has 2 aliphatic rings. The lowest BCUT2D eigenvalue weighted by atomic mass is 10.1. The number of nitrogens with zero attached hydrogens (tertiary/aromatic N) is 1. The van der Waals surface area contributed by atoms with Crippen LogP contribution in [0.25, 0.3) is 0 Å². The third-order valence-corrected chi connectivity index (χ3v) is 1.87. The topological polar surface area (TPSA) is 29.5 Å². The van der Waals surface area contributed by atoms with Crippen LogP contribution < -0.4 is 0 Å². The number of fused-ring (bicyclic) bond motifs is 1. The molecule has 0 radical (unpaired) electrons. The van der Waals surface area contributed by atoms with Gasteiger partial charge in [-0.2, -0.15) is 0 Å². The first-order valence-electron chi connectivity index (χ1n) is 3.29. The quantitative estimate of drug-likeness (QED) is 0.427. The van der Waals surface area contributed by atoms with Gasteiger partial charge in [-0.05, 0) is 6.42 Å². The van der Waals surface area contributed by atoms with E-state index >= 15 is 0 Å². The van der Waals surface area contributed by atoms with E-state index in [0.29, 0.717) is 6.42 Å². The number of hydrogen-bond donors (Lipinski definition) is 0. The lowest BCUT2D eigenvalue weighted by Crippen LogP contribution is -2.56. The first-order valence-corrected chi connectivity index (χ1v) is 3.29. The molecule has 0 saturated carbocycles. The predicted molar refractivity (Wildman–Crippen MR) is 30.7 cm³/mol. The second-order valence-corrected chi connectivity index (χ2v) is 2.47. The largest absolute Gasteiger partial charge is 0.358 e. The summed E-state index contributed by atoms with van der Waals surface area (Å²) in [4.78, 5) is 12.5. The highest BCUT2D eigenvalue weighted by Gasteiger charge is 2.38. The maximum Gasteiger partial charge on any atom is 0.229 e. The normalized spacial score (nSPS) is 33.6. The molecule has 2 saturated heterocycles. The molecule has 0 aromatic rings. The molecule has 2 fully saturated rings. The summed E-state index contributed by atoms with van der Waals surface area (Å²) in [7, 11) is 0. The van der Waals surface area contributed by atoms with Crippen molar-refractivity contribution in [1.29, 1.82) is 0 Å². The minimum atomic E-state index is 0.145. The van der Waals surface area contributed by atoms with Gasteiger partial charge in [-0.3, -0.25) is 4.79 Å². The van der Waals surface area contributed by atoms with Crippen LogP contribution in [0.15, 0.2) is 0 Å². The van der Waals surface area contributed by atoms with Crippen molar-refractivity contribution in [2.24, 2.45) is 0 Å². The average molecular weight is 127 g/mol. The van der Waals surface area contributed by atoms with Gasteiger partial charge in [0.25, 0.3) is 0 Å². The smallest absolute Gasteiger partial charge is 0.229 e. The molecule has 0 aliphatic carbocycles. The molecule has 0 bridgehead atoms. The van der Waals surface area contributed by atoms with Crippen LogP contribution in [-0.2, 0) is 9.53 Å². The Morgan fingerprint density at radius 3 is 3.11 bits per heavy atom. The molecule has 0 aromatic carbocycles. The monoisotopic (exact) mass is 127 g/mol. The summed E-state index contributed by atoms with van der Waals surface area (Å²) in [6, 6.07) is 0. The Hall–Kier alpha value is -0.570. The summed E-state index contributed by atoms with van der Waals surface area (Å²) in [5, 5.41) is 0. The van der Waals surface area contributed by atoms with Gasteiger partial charge < -0.3 is 9.64 Å². The van der Waals surface area contributed by atoms with Gasteiger partial charge in [0.05, 0.1) is 13.0 Å². The molecule has 3 heteroatoms. The molecule has 1 atom stereocenters. The minimum absolute atomic E-state index is 0.145. The Kier molecular flexibility index (Phi) is 0.990. The van der Waals surface area contributed by atoms with Crippen LogP contribution in [0, 0.1) is 0 Å². The summed E-state index contributed by atoms with van der Waals surface area (Å²) in [5.74, 6) is 0.250. The van der Waals surface area contributed by atoms with Crippen LogP contribution in [-0.4, -0.2) is 30.2 Å². The third-order valence-electron chi connectivity index (χ3n) is 1.87. The molecule has 50 valence electrons. The van der Waals surface area contributed by atoms with Gasteiger partial charge in [0.15, 0.2) is 0 Å². The lowest BCUT2D eigenvalue weighted by molar-refractivity contribution is -0.185. The molecular weight excluding hydrogens is 118 g/mol. The molecule has 0 aromatic heterocycles. The van der Waals surface area contributed by atoms with Crippen LogP contribution in [0.1, 0.15) is 12.8 Å². The van der Waals surface area contributed by atoms with Crippen LogP contribution in [0.2, 0.25) is 0 Å². The van der Waals surface area contributed by atoms with Crippen molar-refractivity contribution >= 4 is 5.91 Å². The lowest BCUT2D eigenvalue weighted by Gasteiger charge is -2.43. The summed E-state index contributed by atoms with van der Waals surface area (Å²) in [6.07, 6.45) is 1.76. The van der Waals surface area contributed by atoms with Crippen LogP contribution in [0.5, 0.6) is 0 Å². The van der Waals surface area contributed by atoms with Gasteiger partial charge >= 0.3 is 0 Å². The molecule has 2 heterocycles. The first kappa shape index (κ1) is 5.23. The highest BCUT2D eigenvalue weighted by molar-refractivity contribution is 5.82. The fourth-order valence-electron chi connectivity index (χ4n) is 1.30. The summed E-state index contributed by atoms with van der Waals surface area (Å²) < 4.78 is 5.25. The molecule has 0 unspecified atom stereocenters. The van der Waals surface area contributed by atoms with Crippen molar-refractivity contribution in [1.82, 2.24) is 4.90 Å². The number of amides is 1. The van der Waals surface area contributed by atoms with Crippen LogP contribution in [0.3, 0.4) is 0 Å². The third kappa shape index (κ3) is 0.645.